The van der Waals surface area contributed by atoms with Gasteiger partial charge in [-0.25, -0.2) is 0 Å². The van der Waals surface area contributed by atoms with Crippen LogP contribution in [0.15, 0.2) is 94.4 Å². The van der Waals surface area contributed by atoms with Crippen LogP contribution < -0.4 is 10.1 Å². The molecule has 0 unspecified atom stereocenters. The second kappa shape index (κ2) is 11.1. The largest absolute Gasteiger partial charge is 0.492 e. The second-order valence-electron chi connectivity index (χ2n) is 8.28. The van der Waals surface area contributed by atoms with Crippen LogP contribution in [0.3, 0.4) is 0 Å². The zero-order valence-electron chi connectivity index (χ0n) is 19.6. The van der Waals surface area contributed by atoms with Crippen molar-refractivity contribution in [2.24, 2.45) is 0 Å². The molecule has 1 aromatic heterocycles. The first-order valence-electron chi connectivity index (χ1n) is 11.5. The van der Waals surface area contributed by atoms with Crippen molar-refractivity contribution in [2.75, 3.05) is 18.5 Å². The summed E-state index contributed by atoms with van der Waals surface area (Å²) in [5.74, 6) is -0.122. The van der Waals surface area contributed by atoms with Crippen LogP contribution in [0.1, 0.15) is 5.56 Å². The predicted molar refractivity (Wildman–Crippen MR) is 149 cm³/mol. The fourth-order valence-corrected chi connectivity index (χ4v) is 5.10. The van der Waals surface area contributed by atoms with E-state index in [2.05, 4.69) is 25.8 Å². The lowest BCUT2D eigenvalue weighted by atomic mass is 10.1. The molecule has 1 aliphatic heterocycles. The lowest BCUT2D eigenvalue weighted by molar-refractivity contribution is -0.127. The summed E-state index contributed by atoms with van der Waals surface area (Å²) >= 11 is 4.18. The molecule has 0 bridgehead atoms. The zero-order valence-corrected chi connectivity index (χ0v) is 22.0. The highest BCUT2D eigenvalue weighted by atomic mass is 79.9. The molecule has 1 fully saturated rings. The minimum absolute atomic E-state index is 0.282. The molecule has 1 N–H and O–H groups in total. The van der Waals surface area contributed by atoms with Gasteiger partial charge in [-0.3, -0.25) is 19.3 Å². The van der Waals surface area contributed by atoms with E-state index in [1.807, 2.05) is 60.8 Å². The van der Waals surface area contributed by atoms with Crippen LogP contribution >= 0.6 is 27.7 Å². The average Bonchev–Trinajstić information content (AvgIpc) is 3.38. The van der Waals surface area contributed by atoms with E-state index in [0.29, 0.717) is 18.8 Å². The minimum atomic E-state index is -0.481. The van der Waals surface area contributed by atoms with Crippen LogP contribution in [-0.4, -0.2) is 39.7 Å². The fourth-order valence-electron chi connectivity index (χ4n) is 4.01. The number of rotatable bonds is 8. The molecule has 186 valence electrons. The molecule has 37 heavy (non-hydrogen) atoms. The van der Waals surface area contributed by atoms with Crippen molar-refractivity contribution in [3.05, 3.63) is 100 Å². The summed E-state index contributed by atoms with van der Waals surface area (Å²) in [6, 6.07) is 24.5. The number of imide groups is 1. The van der Waals surface area contributed by atoms with Crippen LogP contribution in [0.25, 0.3) is 17.0 Å². The van der Waals surface area contributed by atoms with Crippen molar-refractivity contribution in [1.82, 2.24) is 9.47 Å². The van der Waals surface area contributed by atoms with Gasteiger partial charge in [0.2, 0.25) is 5.91 Å². The van der Waals surface area contributed by atoms with Crippen LogP contribution in [0.2, 0.25) is 0 Å². The van der Waals surface area contributed by atoms with Crippen molar-refractivity contribution in [3.63, 3.8) is 0 Å². The molecule has 0 saturated carbocycles. The molecular formula is C28H22BrN3O4S. The van der Waals surface area contributed by atoms with Crippen molar-refractivity contribution in [1.29, 1.82) is 0 Å². The molecule has 7 nitrogen and oxygen atoms in total. The van der Waals surface area contributed by atoms with Crippen molar-refractivity contribution < 1.29 is 19.1 Å². The molecule has 5 rings (SSSR count). The highest BCUT2D eigenvalue weighted by Gasteiger charge is 2.36. The second-order valence-corrected chi connectivity index (χ2v) is 10.2. The van der Waals surface area contributed by atoms with E-state index in [1.165, 1.54) is 0 Å². The normalized spacial score (nSPS) is 14.5. The number of carbonyl (C=O) groups excluding carboxylic acids is 3. The number of nitrogens with zero attached hydrogens (tertiary/aromatic N) is 2. The van der Waals surface area contributed by atoms with Crippen LogP contribution in [0.4, 0.5) is 10.5 Å². The van der Waals surface area contributed by atoms with E-state index in [0.717, 1.165) is 43.4 Å². The number of anilines is 1. The summed E-state index contributed by atoms with van der Waals surface area (Å²) < 4.78 is 8.80. The number of hydrogen-bond acceptors (Lipinski definition) is 5. The summed E-state index contributed by atoms with van der Waals surface area (Å²) in [4.78, 5) is 39.3. The Hall–Kier alpha value is -3.82. The number of benzene rings is 3. The monoisotopic (exact) mass is 575 g/mol. The standard InChI is InChI=1S/C28H22BrN3O4S/c29-20-10-12-21(13-11-20)30-26(33)18-32-27(34)25(37-28(32)35)16-19-17-31(24-9-5-4-8-23(19)24)14-15-36-22-6-2-1-3-7-22/h1-13,16-17H,14-15,18H2,(H,30,33)/b25-16-. The highest BCUT2D eigenvalue weighted by molar-refractivity contribution is 9.10. The van der Waals surface area contributed by atoms with Crippen LogP contribution in [-0.2, 0) is 16.1 Å². The maximum Gasteiger partial charge on any atom is 0.294 e. The van der Waals surface area contributed by atoms with Gasteiger partial charge in [-0.05, 0) is 60.3 Å². The van der Waals surface area contributed by atoms with E-state index in [4.69, 9.17) is 4.74 Å². The summed E-state index contributed by atoms with van der Waals surface area (Å²) in [5, 5.41) is 3.20. The maximum atomic E-state index is 13.0. The Bertz CT molecular complexity index is 1500. The molecule has 0 aliphatic carbocycles. The summed E-state index contributed by atoms with van der Waals surface area (Å²) in [7, 11) is 0. The molecular weight excluding hydrogens is 554 g/mol. The van der Waals surface area contributed by atoms with E-state index in [-0.39, 0.29) is 11.4 Å². The molecule has 0 atom stereocenters. The Balaban J connectivity index is 1.30. The van der Waals surface area contributed by atoms with E-state index in [1.54, 1.807) is 30.3 Å². The number of halogens is 1. The highest BCUT2D eigenvalue weighted by Crippen LogP contribution is 2.34. The number of para-hydroxylation sites is 2. The Morgan fingerprint density at radius 3 is 2.49 bits per heavy atom. The SMILES string of the molecule is O=C(CN1C(=O)S/C(=C\c2cn(CCOc3ccccc3)c3ccccc23)C1=O)Nc1ccc(Br)cc1. The third kappa shape index (κ3) is 5.79. The number of hydrogen-bond donors (Lipinski definition) is 1. The third-order valence-electron chi connectivity index (χ3n) is 5.75. The first-order chi connectivity index (χ1) is 18.0. The van der Waals surface area contributed by atoms with Gasteiger partial charge in [-0.15, -0.1) is 0 Å². The number of ether oxygens (including phenoxy) is 1. The number of fused-ring (bicyclic) bond motifs is 1. The van der Waals surface area contributed by atoms with Crippen molar-refractivity contribution in [3.8, 4) is 5.75 Å². The van der Waals surface area contributed by atoms with Crippen LogP contribution in [0.5, 0.6) is 5.75 Å². The summed E-state index contributed by atoms with van der Waals surface area (Å²) in [5.41, 5.74) is 2.40. The van der Waals surface area contributed by atoms with Crippen molar-refractivity contribution in [2.45, 2.75) is 6.54 Å². The molecule has 0 spiro atoms. The molecule has 3 aromatic carbocycles. The Morgan fingerprint density at radius 2 is 1.70 bits per heavy atom. The summed E-state index contributed by atoms with van der Waals surface area (Å²) in [6.07, 6.45) is 3.67. The summed E-state index contributed by atoms with van der Waals surface area (Å²) in [6.45, 7) is 0.740. The number of amides is 3. The smallest absolute Gasteiger partial charge is 0.294 e. The van der Waals surface area contributed by atoms with Gasteiger partial charge in [-0.1, -0.05) is 52.3 Å². The van der Waals surface area contributed by atoms with Crippen LogP contribution in [0, 0.1) is 0 Å². The number of carbonyl (C=O) groups is 3. The first kappa shape index (κ1) is 24.9. The average molecular weight is 576 g/mol. The van der Waals surface area contributed by atoms with Gasteiger partial charge in [0.05, 0.1) is 11.4 Å². The predicted octanol–water partition coefficient (Wildman–Crippen LogP) is 6.16. The van der Waals surface area contributed by atoms with Gasteiger partial charge in [0.25, 0.3) is 11.1 Å². The zero-order chi connectivity index (χ0) is 25.8. The Labute approximate surface area is 226 Å². The number of thioether (sulfide) groups is 1. The molecule has 0 radical (unpaired) electrons. The molecule has 2 heterocycles. The first-order valence-corrected chi connectivity index (χ1v) is 13.2. The topological polar surface area (TPSA) is 80.6 Å². The fraction of sp³-hybridized carbons (Fsp3) is 0.107. The van der Waals surface area contributed by atoms with Gasteiger partial charge in [0.15, 0.2) is 0 Å². The number of aromatic nitrogens is 1. The van der Waals surface area contributed by atoms with Gasteiger partial charge in [-0.2, -0.15) is 0 Å². The Kier molecular flexibility index (Phi) is 7.43. The minimum Gasteiger partial charge on any atom is -0.492 e. The molecule has 1 aliphatic rings. The quantitative estimate of drug-likeness (QED) is 0.254. The van der Waals surface area contributed by atoms with Gasteiger partial charge < -0.3 is 14.6 Å². The van der Waals surface area contributed by atoms with Gasteiger partial charge in [0, 0.05) is 32.8 Å². The van der Waals surface area contributed by atoms with Gasteiger partial charge >= 0.3 is 0 Å². The van der Waals surface area contributed by atoms with E-state index in [9.17, 15) is 14.4 Å². The molecule has 3 amide bonds. The lowest BCUT2D eigenvalue weighted by Crippen LogP contribution is -2.36. The Morgan fingerprint density at radius 1 is 0.973 bits per heavy atom. The molecule has 4 aromatic rings. The molecule has 1 saturated heterocycles. The third-order valence-corrected chi connectivity index (χ3v) is 7.19. The molecule has 9 heteroatoms. The number of nitrogens with one attached hydrogen (secondary N) is 1. The van der Waals surface area contributed by atoms with Crippen molar-refractivity contribution >= 4 is 67.4 Å². The maximum absolute atomic E-state index is 13.0. The van der Waals surface area contributed by atoms with E-state index >= 15 is 0 Å². The van der Waals surface area contributed by atoms with Gasteiger partial charge in [0.1, 0.15) is 18.9 Å². The lowest BCUT2D eigenvalue weighted by Gasteiger charge is -2.12. The van der Waals surface area contributed by atoms with E-state index < -0.39 is 17.1 Å².